The lowest BCUT2D eigenvalue weighted by Gasteiger charge is -2.32. The van der Waals surface area contributed by atoms with E-state index in [9.17, 15) is 4.79 Å². The molecule has 1 unspecified atom stereocenters. The van der Waals surface area contributed by atoms with E-state index in [2.05, 4.69) is 23.4 Å². The Labute approximate surface area is 141 Å². The third-order valence-corrected chi connectivity index (χ3v) is 5.30. The van der Waals surface area contributed by atoms with E-state index in [1.54, 1.807) is 11.8 Å². The maximum absolute atomic E-state index is 12.5. The van der Waals surface area contributed by atoms with Gasteiger partial charge >= 0.3 is 0 Å². The molecule has 1 aromatic heterocycles. The average Bonchev–Trinajstić information content (AvgIpc) is 3.02. The molecule has 5 heteroatoms. The summed E-state index contributed by atoms with van der Waals surface area (Å²) >= 11 is 1.70. The third-order valence-electron chi connectivity index (χ3n) is 4.31. The number of carbonyl (C=O) groups excluding carboxylic acids is 1. The third kappa shape index (κ3) is 4.38. The summed E-state index contributed by atoms with van der Waals surface area (Å²) in [6, 6.07) is 10.3. The number of benzene rings is 1. The molecule has 1 amide bonds. The molecule has 0 radical (unpaired) electrons. The number of nitrogens with zero attached hydrogens (tertiary/aromatic N) is 3. The lowest BCUT2D eigenvalue weighted by Crippen LogP contribution is -2.40. The molecule has 0 bridgehead atoms. The van der Waals surface area contributed by atoms with Crippen molar-refractivity contribution < 1.29 is 4.79 Å². The van der Waals surface area contributed by atoms with Crippen molar-refractivity contribution in [2.75, 3.05) is 18.8 Å². The number of rotatable bonds is 5. The molecule has 1 aliphatic rings. The predicted octanol–water partition coefficient (Wildman–Crippen LogP) is 3.06. The molecular weight excluding hydrogens is 306 g/mol. The lowest BCUT2D eigenvalue weighted by molar-refractivity contribution is -0.129. The van der Waals surface area contributed by atoms with E-state index in [-0.39, 0.29) is 5.91 Å². The van der Waals surface area contributed by atoms with Gasteiger partial charge in [0.1, 0.15) is 0 Å². The molecule has 2 heterocycles. The van der Waals surface area contributed by atoms with E-state index in [1.165, 1.54) is 11.1 Å². The highest BCUT2D eigenvalue weighted by Gasteiger charge is 2.25. The number of aryl methyl sites for hydroxylation is 1. The van der Waals surface area contributed by atoms with Crippen molar-refractivity contribution >= 4 is 17.7 Å². The Morgan fingerprint density at radius 3 is 2.91 bits per heavy atom. The van der Waals surface area contributed by atoms with Gasteiger partial charge in [-0.25, -0.2) is 0 Å². The number of hydrogen-bond donors (Lipinski definition) is 0. The van der Waals surface area contributed by atoms with Crippen molar-refractivity contribution in [1.82, 2.24) is 14.7 Å². The monoisotopic (exact) mass is 329 g/mol. The van der Waals surface area contributed by atoms with Gasteiger partial charge in [-0.05, 0) is 24.0 Å². The van der Waals surface area contributed by atoms with Crippen LogP contribution in [-0.2, 0) is 17.6 Å². The molecule has 0 spiro atoms. The van der Waals surface area contributed by atoms with Gasteiger partial charge in [-0.3, -0.25) is 9.48 Å². The number of hydrogen-bond acceptors (Lipinski definition) is 3. The highest BCUT2D eigenvalue weighted by atomic mass is 32.2. The summed E-state index contributed by atoms with van der Waals surface area (Å²) in [4.78, 5) is 14.5. The molecular formula is C18H23N3OS. The second-order valence-corrected chi connectivity index (χ2v) is 7.09. The highest BCUT2D eigenvalue weighted by Crippen LogP contribution is 2.27. The topological polar surface area (TPSA) is 38.1 Å². The van der Waals surface area contributed by atoms with Crippen LogP contribution in [0, 0.1) is 0 Å². The quantitative estimate of drug-likeness (QED) is 0.846. The van der Waals surface area contributed by atoms with Gasteiger partial charge in [-0.2, -0.15) is 5.10 Å². The highest BCUT2D eigenvalue weighted by molar-refractivity contribution is 7.99. The Kier molecular flexibility index (Phi) is 5.39. The molecule has 1 aliphatic heterocycles. The maximum Gasteiger partial charge on any atom is 0.232 e. The molecule has 2 aromatic rings. The largest absolute Gasteiger partial charge is 0.341 e. The zero-order chi connectivity index (χ0) is 16.1. The smallest absolute Gasteiger partial charge is 0.232 e. The number of thioether (sulfide) groups is 1. The van der Waals surface area contributed by atoms with Gasteiger partial charge in [0.05, 0.1) is 11.9 Å². The Balaban J connectivity index is 1.49. The summed E-state index contributed by atoms with van der Waals surface area (Å²) in [6.07, 6.45) is 6.23. The van der Waals surface area contributed by atoms with Crippen LogP contribution in [0.15, 0.2) is 42.7 Å². The number of piperidine rings is 1. The minimum atomic E-state index is 0.263. The van der Waals surface area contributed by atoms with Gasteiger partial charge in [-0.1, -0.05) is 30.3 Å². The van der Waals surface area contributed by atoms with E-state index < -0.39 is 0 Å². The molecule has 0 aliphatic carbocycles. The van der Waals surface area contributed by atoms with Crippen LogP contribution in [0.4, 0.5) is 0 Å². The Morgan fingerprint density at radius 2 is 2.17 bits per heavy atom. The van der Waals surface area contributed by atoms with Crippen molar-refractivity contribution in [1.29, 1.82) is 0 Å². The molecule has 0 saturated carbocycles. The molecule has 1 aromatic carbocycles. The van der Waals surface area contributed by atoms with Crippen molar-refractivity contribution in [3.05, 3.63) is 53.9 Å². The predicted molar refractivity (Wildman–Crippen MR) is 94.4 cm³/mol. The van der Waals surface area contributed by atoms with Gasteiger partial charge in [0.25, 0.3) is 0 Å². The van der Waals surface area contributed by atoms with Gasteiger partial charge in [0, 0.05) is 38.0 Å². The molecule has 1 atom stereocenters. The van der Waals surface area contributed by atoms with Crippen molar-refractivity contribution in [2.45, 2.75) is 24.5 Å². The van der Waals surface area contributed by atoms with Crippen LogP contribution in [0.5, 0.6) is 0 Å². The Hall–Kier alpha value is -1.75. The Morgan fingerprint density at radius 1 is 1.35 bits per heavy atom. The fraction of sp³-hybridized carbons (Fsp3) is 0.444. The van der Waals surface area contributed by atoms with E-state index in [4.69, 9.17) is 0 Å². The fourth-order valence-corrected chi connectivity index (χ4v) is 3.94. The molecule has 23 heavy (non-hydrogen) atoms. The van der Waals surface area contributed by atoms with Crippen LogP contribution in [0.25, 0.3) is 0 Å². The lowest BCUT2D eigenvalue weighted by atomic mass is 9.93. The number of amides is 1. The summed E-state index contributed by atoms with van der Waals surface area (Å²) in [7, 11) is 1.94. The maximum atomic E-state index is 12.5. The van der Waals surface area contributed by atoms with E-state index in [1.807, 2.05) is 41.0 Å². The van der Waals surface area contributed by atoms with Gasteiger partial charge in [0.2, 0.25) is 5.91 Å². The summed E-state index contributed by atoms with van der Waals surface area (Å²) in [5.41, 5.74) is 2.53. The van der Waals surface area contributed by atoms with Gasteiger partial charge in [0.15, 0.2) is 0 Å². The molecule has 122 valence electrons. The van der Waals surface area contributed by atoms with E-state index >= 15 is 0 Å². The first-order chi connectivity index (χ1) is 11.2. The number of likely N-dealkylation sites (tertiary alicyclic amines) is 1. The van der Waals surface area contributed by atoms with Gasteiger partial charge < -0.3 is 4.90 Å². The SMILES string of the molecule is Cn1cc(C2CCCN(C(=O)CSCc3ccccc3)C2)cn1. The summed E-state index contributed by atoms with van der Waals surface area (Å²) < 4.78 is 1.84. The van der Waals surface area contributed by atoms with Gasteiger partial charge in [-0.15, -0.1) is 11.8 Å². The second kappa shape index (κ2) is 7.68. The second-order valence-electron chi connectivity index (χ2n) is 6.10. The fourth-order valence-electron chi connectivity index (χ4n) is 3.05. The Bertz CT molecular complexity index is 641. The van der Waals surface area contributed by atoms with E-state index in [0.717, 1.165) is 31.7 Å². The van der Waals surface area contributed by atoms with Crippen molar-refractivity contribution in [3.63, 3.8) is 0 Å². The zero-order valence-corrected chi connectivity index (χ0v) is 14.3. The molecule has 3 rings (SSSR count). The van der Waals surface area contributed by atoms with Crippen LogP contribution in [0.3, 0.4) is 0 Å². The van der Waals surface area contributed by atoms with E-state index in [0.29, 0.717) is 11.7 Å². The minimum Gasteiger partial charge on any atom is -0.341 e. The van der Waals surface area contributed by atoms with Crippen LogP contribution >= 0.6 is 11.8 Å². The number of aromatic nitrogens is 2. The molecule has 1 saturated heterocycles. The van der Waals surface area contributed by atoms with Crippen LogP contribution in [-0.4, -0.2) is 39.4 Å². The standard InChI is InChI=1S/C18H23N3OS/c1-20-11-17(10-19-20)16-8-5-9-21(12-16)18(22)14-23-13-15-6-3-2-4-7-15/h2-4,6-7,10-11,16H,5,8-9,12-14H2,1H3. The molecule has 1 fully saturated rings. The van der Waals surface area contributed by atoms with Crippen molar-refractivity contribution in [3.8, 4) is 0 Å². The average molecular weight is 329 g/mol. The first-order valence-corrected chi connectivity index (χ1v) is 9.26. The number of carbonyl (C=O) groups is 1. The summed E-state index contributed by atoms with van der Waals surface area (Å²) in [5.74, 6) is 2.15. The van der Waals surface area contributed by atoms with Crippen LogP contribution in [0.2, 0.25) is 0 Å². The summed E-state index contributed by atoms with van der Waals surface area (Å²) in [5, 5.41) is 4.25. The molecule has 4 nitrogen and oxygen atoms in total. The zero-order valence-electron chi connectivity index (χ0n) is 13.5. The van der Waals surface area contributed by atoms with Crippen LogP contribution in [0.1, 0.15) is 29.9 Å². The summed E-state index contributed by atoms with van der Waals surface area (Å²) in [6.45, 7) is 1.72. The first-order valence-electron chi connectivity index (χ1n) is 8.10. The van der Waals surface area contributed by atoms with Crippen LogP contribution < -0.4 is 0 Å². The first kappa shape index (κ1) is 16.1. The molecule has 0 N–H and O–H groups in total. The minimum absolute atomic E-state index is 0.263. The normalized spacial score (nSPS) is 18.1. The van der Waals surface area contributed by atoms with Crippen molar-refractivity contribution in [2.24, 2.45) is 7.05 Å².